The van der Waals surface area contributed by atoms with Gasteiger partial charge in [-0.3, -0.25) is 4.99 Å². The average Bonchev–Trinajstić information content (AvgIpc) is 2.70. The number of ether oxygens (including phenoxy) is 1. The fourth-order valence-corrected chi connectivity index (χ4v) is 2.92. The van der Waals surface area contributed by atoms with Crippen LogP contribution in [0.1, 0.15) is 11.1 Å². The Morgan fingerprint density at radius 3 is 2.69 bits per heavy atom. The highest BCUT2D eigenvalue weighted by molar-refractivity contribution is 5.94. The summed E-state index contributed by atoms with van der Waals surface area (Å²) in [4.78, 5) is 4.37. The number of nitrogens with zero attached hydrogens (tertiary/aromatic N) is 2. The molecule has 0 radical (unpaired) electrons. The van der Waals surface area contributed by atoms with E-state index in [4.69, 9.17) is 0 Å². The first-order valence-corrected chi connectivity index (χ1v) is 8.60. The quantitative estimate of drug-likeness (QED) is 0.669. The monoisotopic (exact) mass is 398 g/mol. The molecule has 8 heteroatoms. The van der Waals surface area contributed by atoms with E-state index in [2.05, 4.69) is 39.6 Å². The molecule has 2 aromatic carbocycles. The van der Waals surface area contributed by atoms with Crippen LogP contribution in [0.25, 0.3) is 11.1 Å². The van der Waals surface area contributed by atoms with Crippen LogP contribution in [0.5, 0.6) is 5.75 Å². The van der Waals surface area contributed by atoms with Gasteiger partial charge < -0.3 is 15.4 Å². The standard InChI is InChI=1S/C21H17F3N4O/c1-3-13(2)28-12-15-10-17(19-20(18(15)11-25)27-9-8-26-19)14-4-6-16(7-5-14)29-21(22,23)24/h3-7,9-10,26,28H,1-2,8,12H2. The number of fused-ring (bicyclic) bond motifs is 1. The molecule has 0 unspecified atom stereocenters. The zero-order valence-corrected chi connectivity index (χ0v) is 15.3. The van der Waals surface area contributed by atoms with Crippen molar-refractivity contribution >= 4 is 17.6 Å². The van der Waals surface area contributed by atoms with Gasteiger partial charge in [-0.05, 0) is 35.4 Å². The largest absolute Gasteiger partial charge is 0.573 e. The van der Waals surface area contributed by atoms with Crippen LogP contribution in [0.4, 0.5) is 24.5 Å². The SMILES string of the molecule is C=CC(=C)NCc1cc(-c2ccc(OC(F)(F)F)cc2)c2c(c1C#N)N=CCN2. The topological polar surface area (TPSA) is 69.4 Å². The second kappa shape index (κ2) is 8.10. The Morgan fingerprint density at radius 1 is 1.34 bits per heavy atom. The van der Waals surface area contributed by atoms with Crippen molar-refractivity contribution in [3.05, 3.63) is 66.4 Å². The van der Waals surface area contributed by atoms with Crippen molar-refractivity contribution < 1.29 is 17.9 Å². The van der Waals surface area contributed by atoms with Gasteiger partial charge in [0.1, 0.15) is 17.5 Å². The molecule has 0 atom stereocenters. The molecule has 0 saturated heterocycles. The van der Waals surface area contributed by atoms with E-state index in [1.54, 1.807) is 12.3 Å². The van der Waals surface area contributed by atoms with Crippen molar-refractivity contribution in [3.8, 4) is 22.9 Å². The second-order valence-corrected chi connectivity index (χ2v) is 6.14. The second-order valence-electron chi connectivity index (χ2n) is 6.14. The lowest BCUT2D eigenvalue weighted by Crippen LogP contribution is -2.17. The molecule has 0 amide bonds. The minimum Gasteiger partial charge on any atom is -0.406 e. The van der Waals surface area contributed by atoms with Crippen LogP contribution in [-0.4, -0.2) is 19.1 Å². The van der Waals surface area contributed by atoms with Crippen molar-refractivity contribution in [2.75, 3.05) is 11.9 Å². The maximum atomic E-state index is 12.4. The van der Waals surface area contributed by atoms with Crippen LogP contribution in [0.15, 0.2) is 60.3 Å². The predicted molar refractivity (Wildman–Crippen MR) is 106 cm³/mol. The summed E-state index contributed by atoms with van der Waals surface area (Å²) in [6.07, 6.45) is -1.53. The van der Waals surface area contributed by atoms with Gasteiger partial charge in [-0.1, -0.05) is 25.3 Å². The van der Waals surface area contributed by atoms with Crippen molar-refractivity contribution in [3.63, 3.8) is 0 Å². The fraction of sp³-hybridized carbons (Fsp3) is 0.143. The van der Waals surface area contributed by atoms with Gasteiger partial charge in [0.2, 0.25) is 0 Å². The van der Waals surface area contributed by atoms with Crippen LogP contribution in [0.2, 0.25) is 0 Å². The number of halogens is 3. The van der Waals surface area contributed by atoms with E-state index in [0.717, 1.165) is 5.56 Å². The molecule has 3 rings (SSSR count). The number of anilines is 1. The van der Waals surface area contributed by atoms with Crippen molar-refractivity contribution in [2.24, 2.45) is 4.99 Å². The molecule has 0 fully saturated rings. The molecule has 2 aromatic rings. The van der Waals surface area contributed by atoms with Crippen LogP contribution in [0.3, 0.4) is 0 Å². The van der Waals surface area contributed by atoms with Gasteiger partial charge >= 0.3 is 6.36 Å². The minimum atomic E-state index is -4.75. The number of nitriles is 1. The number of rotatable bonds is 6. The van der Waals surface area contributed by atoms with E-state index in [9.17, 15) is 18.4 Å². The van der Waals surface area contributed by atoms with Crippen LogP contribution in [-0.2, 0) is 6.54 Å². The summed E-state index contributed by atoms with van der Waals surface area (Å²) >= 11 is 0. The number of aliphatic imine (C=N–C) groups is 1. The molecule has 2 N–H and O–H groups in total. The molecule has 1 aliphatic heterocycles. The number of hydrogen-bond acceptors (Lipinski definition) is 5. The van der Waals surface area contributed by atoms with Crippen LogP contribution < -0.4 is 15.4 Å². The van der Waals surface area contributed by atoms with E-state index in [0.29, 0.717) is 46.9 Å². The molecule has 29 heavy (non-hydrogen) atoms. The zero-order valence-electron chi connectivity index (χ0n) is 15.3. The number of allylic oxidation sites excluding steroid dienone is 1. The van der Waals surface area contributed by atoms with Gasteiger partial charge in [-0.25, -0.2) is 0 Å². The summed E-state index contributed by atoms with van der Waals surface area (Å²) in [6, 6.07) is 9.55. The van der Waals surface area contributed by atoms with Crippen molar-refractivity contribution in [2.45, 2.75) is 12.9 Å². The molecule has 0 saturated carbocycles. The molecule has 0 bridgehead atoms. The lowest BCUT2D eigenvalue weighted by atomic mass is 9.94. The Balaban J connectivity index is 2.06. The molecule has 1 aliphatic rings. The molecule has 0 aromatic heterocycles. The predicted octanol–water partition coefficient (Wildman–Crippen LogP) is 5.04. The van der Waals surface area contributed by atoms with E-state index < -0.39 is 6.36 Å². The molecule has 5 nitrogen and oxygen atoms in total. The van der Waals surface area contributed by atoms with Crippen LogP contribution >= 0.6 is 0 Å². The highest BCUT2D eigenvalue weighted by atomic mass is 19.4. The smallest absolute Gasteiger partial charge is 0.406 e. The number of alkyl halides is 3. The summed E-state index contributed by atoms with van der Waals surface area (Å²) in [7, 11) is 0. The van der Waals surface area contributed by atoms with Crippen molar-refractivity contribution in [1.29, 1.82) is 5.26 Å². The number of benzene rings is 2. The Hall–Kier alpha value is -3.73. The first-order valence-electron chi connectivity index (χ1n) is 8.60. The Labute approximate surface area is 165 Å². The van der Waals surface area contributed by atoms with E-state index in [1.165, 1.54) is 24.3 Å². The third-order valence-corrected chi connectivity index (χ3v) is 4.24. The van der Waals surface area contributed by atoms with Gasteiger partial charge in [0.25, 0.3) is 0 Å². The summed E-state index contributed by atoms with van der Waals surface area (Å²) in [6.45, 7) is 8.22. The molecule has 0 spiro atoms. The summed E-state index contributed by atoms with van der Waals surface area (Å²) in [5.41, 5.74) is 4.22. The lowest BCUT2D eigenvalue weighted by molar-refractivity contribution is -0.274. The minimum absolute atomic E-state index is 0.307. The maximum Gasteiger partial charge on any atom is 0.573 e. The van der Waals surface area contributed by atoms with E-state index in [-0.39, 0.29) is 5.75 Å². The van der Waals surface area contributed by atoms with Crippen LogP contribution in [0, 0.1) is 11.3 Å². The summed E-state index contributed by atoms with van der Waals surface area (Å²) in [5.74, 6) is -0.307. The highest BCUT2D eigenvalue weighted by Crippen LogP contribution is 2.42. The number of hydrogen-bond donors (Lipinski definition) is 2. The molecular formula is C21H17F3N4O. The summed E-state index contributed by atoms with van der Waals surface area (Å²) < 4.78 is 41.1. The van der Waals surface area contributed by atoms with Gasteiger partial charge in [-0.15, -0.1) is 13.2 Å². The third-order valence-electron chi connectivity index (χ3n) is 4.24. The van der Waals surface area contributed by atoms with Gasteiger partial charge in [0.05, 0.1) is 17.8 Å². The highest BCUT2D eigenvalue weighted by Gasteiger charge is 2.31. The van der Waals surface area contributed by atoms with Crippen molar-refractivity contribution in [1.82, 2.24) is 5.32 Å². The molecule has 0 aliphatic carbocycles. The number of nitrogens with one attached hydrogen (secondary N) is 2. The normalized spacial score (nSPS) is 12.3. The molecular weight excluding hydrogens is 381 g/mol. The average molecular weight is 398 g/mol. The lowest BCUT2D eigenvalue weighted by Gasteiger charge is -2.21. The van der Waals surface area contributed by atoms with E-state index in [1.807, 2.05) is 6.07 Å². The van der Waals surface area contributed by atoms with Gasteiger partial charge in [0, 0.05) is 24.0 Å². The Bertz CT molecular complexity index is 1020. The molecule has 148 valence electrons. The molecule has 1 heterocycles. The first kappa shape index (κ1) is 20.0. The summed E-state index contributed by atoms with van der Waals surface area (Å²) in [5, 5.41) is 15.9. The fourth-order valence-electron chi connectivity index (χ4n) is 2.92. The Kier molecular flexibility index (Phi) is 5.59. The van der Waals surface area contributed by atoms with Gasteiger partial charge in [0.15, 0.2) is 0 Å². The van der Waals surface area contributed by atoms with E-state index >= 15 is 0 Å². The first-order chi connectivity index (χ1) is 13.8. The maximum absolute atomic E-state index is 12.4. The third kappa shape index (κ3) is 4.58. The Morgan fingerprint density at radius 2 is 2.07 bits per heavy atom. The zero-order chi connectivity index (χ0) is 21.0. The van der Waals surface area contributed by atoms with Gasteiger partial charge in [-0.2, -0.15) is 5.26 Å².